The standard InChI is InChI=1S/C23H28N4O3/c1-4-6-13-26(16-28)23-20(5-2)25-21-12-9-18(15-27(21)23)22(29)24-14-17-7-10-19(30-3)11-8-17/h7-12,15-16H,4-6,13-14H2,1-3H3,(H,24,29). The Bertz CT molecular complexity index is 1010. The topological polar surface area (TPSA) is 75.9 Å². The molecule has 0 bridgehead atoms. The molecule has 0 unspecified atom stereocenters. The number of pyridine rings is 1. The van der Waals surface area contributed by atoms with E-state index in [4.69, 9.17) is 4.74 Å². The molecule has 2 amide bonds. The average Bonchev–Trinajstić information content (AvgIpc) is 3.16. The number of carbonyl (C=O) groups excluding carboxylic acids is 2. The van der Waals surface area contributed by atoms with Crippen molar-refractivity contribution in [3.63, 3.8) is 0 Å². The first kappa shape index (κ1) is 21.4. The molecule has 158 valence electrons. The lowest BCUT2D eigenvalue weighted by atomic mass is 10.2. The van der Waals surface area contributed by atoms with Gasteiger partial charge in [-0.25, -0.2) is 4.98 Å². The molecule has 0 spiro atoms. The van der Waals surface area contributed by atoms with Gasteiger partial charge in [0.15, 0.2) is 0 Å². The van der Waals surface area contributed by atoms with Crippen molar-refractivity contribution in [3.05, 3.63) is 59.4 Å². The largest absolute Gasteiger partial charge is 0.497 e. The van der Waals surface area contributed by atoms with Gasteiger partial charge in [0, 0.05) is 19.3 Å². The number of fused-ring (bicyclic) bond motifs is 1. The first-order valence-electron chi connectivity index (χ1n) is 10.2. The van der Waals surface area contributed by atoms with Gasteiger partial charge in [0.05, 0.1) is 18.4 Å². The lowest BCUT2D eigenvalue weighted by Crippen LogP contribution is -2.25. The highest BCUT2D eigenvalue weighted by Crippen LogP contribution is 2.24. The summed E-state index contributed by atoms with van der Waals surface area (Å²) in [6, 6.07) is 11.1. The summed E-state index contributed by atoms with van der Waals surface area (Å²) >= 11 is 0. The van der Waals surface area contributed by atoms with Crippen LogP contribution in [0.15, 0.2) is 42.6 Å². The highest BCUT2D eigenvalue weighted by molar-refractivity contribution is 5.94. The van der Waals surface area contributed by atoms with Gasteiger partial charge >= 0.3 is 0 Å². The van der Waals surface area contributed by atoms with Gasteiger partial charge in [0.2, 0.25) is 6.41 Å². The van der Waals surface area contributed by atoms with E-state index >= 15 is 0 Å². The molecule has 2 aromatic heterocycles. The zero-order chi connectivity index (χ0) is 21.5. The van der Waals surface area contributed by atoms with Crippen molar-refractivity contribution in [3.8, 4) is 5.75 Å². The van der Waals surface area contributed by atoms with E-state index in [0.717, 1.165) is 47.7 Å². The number of hydrogen-bond acceptors (Lipinski definition) is 4. The molecule has 0 fully saturated rings. The van der Waals surface area contributed by atoms with E-state index < -0.39 is 0 Å². The number of ether oxygens (including phenoxy) is 1. The van der Waals surface area contributed by atoms with Crippen LogP contribution in [0.2, 0.25) is 0 Å². The summed E-state index contributed by atoms with van der Waals surface area (Å²) in [6.45, 7) is 5.13. The lowest BCUT2D eigenvalue weighted by molar-refractivity contribution is -0.107. The van der Waals surface area contributed by atoms with Gasteiger partial charge in [-0.3, -0.25) is 18.9 Å². The summed E-state index contributed by atoms with van der Waals surface area (Å²) in [5.41, 5.74) is 3.05. The molecule has 7 heteroatoms. The fraction of sp³-hybridized carbons (Fsp3) is 0.348. The smallest absolute Gasteiger partial charge is 0.253 e. The molecule has 0 radical (unpaired) electrons. The van der Waals surface area contributed by atoms with E-state index in [-0.39, 0.29) is 5.91 Å². The van der Waals surface area contributed by atoms with Crippen LogP contribution in [0.25, 0.3) is 5.65 Å². The molecule has 0 aliphatic rings. The van der Waals surface area contributed by atoms with Gasteiger partial charge in [-0.2, -0.15) is 0 Å². The number of amides is 2. The first-order chi connectivity index (χ1) is 14.6. The second-order valence-corrected chi connectivity index (χ2v) is 7.06. The summed E-state index contributed by atoms with van der Waals surface area (Å²) in [4.78, 5) is 30.8. The molecule has 2 heterocycles. The summed E-state index contributed by atoms with van der Waals surface area (Å²) in [5, 5.41) is 2.94. The monoisotopic (exact) mass is 408 g/mol. The van der Waals surface area contributed by atoms with Gasteiger partial charge in [0.25, 0.3) is 5.91 Å². The van der Waals surface area contributed by atoms with Crippen LogP contribution in [-0.4, -0.2) is 35.4 Å². The predicted octanol–water partition coefficient (Wildman–Crippen LogP) is 3.60. The Morgan fingerprint density at radius 1 is 1.20 bits per heavy atom. The maximum atomic E-state index is 12.7. The molecule has 0 aliphatic carbocycles. The minimum atomic E-state index is -0.184. The molecule has 0 atom stereocenters. The summed E-state index contributed by atoms with van der Waals surface area (Å²) < 4.78 is 6.99. The van der Waals surface area contributed by atoms with E-state index in [1.807, 2.05) is 41.7 Å². The number of rotatable bonds is 10. The van der Waals surface area contributed by atoms with Gasteiger partial charge in [-0.1, -0.05) is 32.4 Å². The van der Waals surface area contributed by atoms with Crippen LogP contribution in [0.3, 0.4) is 0 Å². The molecule has 3 rings (SSSR count). The minimum Gasteiger partial charge on any atom is -0.497 e. The average molecular weight is 409 g/mol. The van der Waals surface area contributed by atoms with Crippen molar-refractivity contribution >= 4 is 23.8 Å². The van der Waals surface area contributed by atoms with Crippen LogP contribution in [-0.2, 0) is 17.8 Å². The second-order valence-electron chi connectivity index (χ2n) is 7.06. The Kier molecular flexibility index (Phi) is 7.06. The van der Waals surface area contributed by atoms with Crippen LogP contribution in [0.4, 0.5) is 5.82 Å². The third-order valence-corrected chi connectivity index (χ3v) is 5.02. The Labute approximate surface area is 176 Å². The zero-order valence-corrected chi connectivity index (χ0v) is 17.7. The van der Waals surface area contributed by atoms with E-state index in [9.17, 15) is 9.59 Å². The molecular formula is C23H28N4O3. The van der Waals surface area contributed by atoms with Crippen LogP contribution < -0.4 is 15.0 Å². The Hall–Kier alpha value is -3.35. The number of aryl methyl sites for hydroxylation is 1. The number of methoxy groups -OCH3 is 1. The van der Waals surface area contributed by atoms with Crippen LogP contribution in [0, 0.1) is 0 Å². The Balaban J connectivity index is 1.84. The van der Waals surface area contributed by atoms with Gasteiger partial charge < -0.3 is 10.1 Å². The van der Waals surface area contributed by atoms with Crippen molar-refractivity contribution in [1.29, 1.82) is 0 Å². The molecular weight excluding hydrogens is 380 g/mol. The SMILES string of the molecule is CCCCN(C=O)c1c(CC)nc2ccc(C(=O)NCc3ccc(OC)cc3)cn12. The number of unbranched alkanes of at least 4 members (excludes halogenated alkanes) is 1. The Morgan fingerprint density at radius 3 is 2.60 bits per heavy atom. The van der Waals surface area contributed by atoms with Gasteiger partial charge in [0.1, 0.15) is 17.2 Å². The van der Waals surface area contributed by atoms with E-state index in [2.05, 4.69) is 17.2 Å². The van der Waals surface area contributed by atoms with Crippen molar-refractivity contribution in [2.24, 2.45) is 0 Å². The van der Waals surface area contributed by atoms with E-state index in [0.29, 0.717) is 25.1 Å². The molecule has 30 heavy (non-hydrogen) atoms. The van der Waals surface area contributed by atoms with Crippen molar-refractivity contribution in [2.75, 3.05) is 18.6 Å². The maximum absolute atomic E-state index is 12.7. The van der Waals surface area contributed by atoms with E-state index in [1.54, 1.807) is 24.3 Å². The quantitative estimate of drug-likeness (QED) is 0.520. The third kappa shape index (κ3) is 4.62. The number of aromatic nitrogens is 2. The molecule has 0 saturated carbocycles. The fourth-order valence-electron chi connectivity index (χ4n) is 3.32. The number of benzene rings is 1. The van der Waals surface area contributed by atoms with Crippen molar-refractivity contribution < 1.29 is 14.3 Å². The molecule has 0 aliphatic heterocycles. The van der Waals surface area contributed by atoms with Crippen molar-refractivity contribution in [2.45, 2.75) is 39.7 Å². The normalized spacial score (nSPS) is 10.8. The lowest BCUT2D eigenvalue weighted by Gasteiger charge is -2.18. The number of anilines is 1. The van der Waals surface area contributed by atoms with E-state index in [1.165, 1.54) is 0 Å². The summed E-state index contributed by atoms with van der Waals surface area (Å²) in [6.07, 6.45) is 5.18. The number of nitrogens with zero attached hydrogens (tertiary/aromatic N) is 3. The molecule has 3 aromatic rings. The van der Waals surface area contributed by atoms with Gasteiger partial charge in [-0.05, 0) is 42.7 Å². The summed E-state index contributed by atoms with van der Waals surface area (Å²) in [5.74, 6) is 1.33. The van der Waals surface area contributed by atoms with Crippen LogP contribution in [0.5, 0.6) is 5.75 Å². The molecule has 0 saturated heterocycles. The first-order valence-corrected chi connectivity index (χ1v) is 10.2. The number of hydrogen-bond donors (Lipinski definition) is 1. The van der Waals surface area contributed by atoms with Crippen LogP contribution in [0.1, 0.15) is 48.3 Å². The predicted molar refractivity (Wildman–Crippen MR) is 117 cm³/mol. The zero-order valence-electron chi connectivity index (χ0n) is 17.7. The van der Waals surface area contributed by atoms with Gasteiger partial charge in [-0.15, -0.1) is 0 Å². The highest BCUT2D eigenvalue weighted by Gasteiger charge is 2.18. The summed E-state index contributed by atoms with van der Waals surface area (Å²) in [7, 11) is 1.62. The Morgan fingerprint density at radius 2 is 1.97 bits per heavy atom. The third-order valence-electron chi connectivity index (χ3n) is 5.02. The fourth-order valence-corrected chi connectivity index (χ4v) is 3.32. The minimum absolute atomic E-state index is 0.184. The molecule has 1 N–H and O–H groups in total. The molecule has 7 nitrogen and oxygen atoms in total. The van der Waals surface area contributed by atoms with Crippen molar-refractivity contribution in [1.82, 2.24) is 14.7 Å². The second kappa shape index (κ2) is 9.91. The molecule has 1 aromatic carbocycles. The number of imidazole rings is 1. The number of nitrogens with one attached hydrogen (secondary N) is 1. The van der Waals surface area contributed by atoms with Crippen LogP contribution >= 0.6 is 0 Å². The highest BCUT2D eigenvalue weighted by atomic mass is 16.5. The maximum Gasteiger partial charge on any atom is 0.253 e. The number of carbonyl (C=O) groups is 2.